The van der Waals surface area contributed by atoms with Crippen molar-refractivity contribution in [3.63, 3.8) is 0 Å². The van der Waals surface area contributed by atoms with Crippen molar-refractivity contribution in [2.45, 2.75) is 24.5 Å². The Morgan fingerprint density at radius 1 is 0.921 bits per heavy atom. The van der Waals surface area contributed by atoms with E-state index in [9.17, 15) is 35.5 Å². The summed E-state index contributed by atoms with van der Waals surface area (Å²) in [5, 5.41) is 2.83. The SMILES string of the molecule is O=C1NC(COCc2cc(C(F)(F)F)cc(C(F)(F)F)c2)(c2ccc(F)cc2)CN1CCN1CCOCC1. The van der Waals surface area contributed by atoms with E-state index in [1.54, 1.807) is 4.90 Å². The van der Waals surface area contributed by atoms with Crippen molar-refractivity contribution in [3.8, 4) is 0 Å². The fraction of sp³-hybridized carbons (Fsp3) is 0.480. The van der Waals surface area contributed by atoms with Crippen LogP contribution < -0.4 is 5.32 Å². The molecule has 2 heterocycles. The van der Waals surface area contributed by atoms with Crippen LogP contribution in [-0.2, 0) is 34.0 Å². The number of rotatable bonds is 8. The van der Waals surface area contributed by atoms with E-state index in [-0.39, 0.29) is 24.8 Å². The highest BCUT2D eigenvalue weighted by molar-refractivity contribution is 5.78. The highest BCUT2D eigenvalue weighted by Gasteiger charge is 2.44. The van der Waals surface area contributed by atoms with Crippen LogP contribution in [0.1, 0.15) is 22.3 Å². The number of halogens is 7. The van der Waals surface area contributed by atoms with E-state index in [4.69, 9.17) is 9.47 Å². The molecule has 2 fully saturated rings. The second-order valence-electron chi connectivity index (χ2n) is 9.30. The number of urea groups is 1. The molecule has 0 aliphatic carbocycles. The second kappa shape index (κ2) is 11.1. The molecule has 38 heavy (non-hydrogen) atoms. The summed E-state index contributed by atoms with van der Waals surface area (Å²) in [6.45, 7) is 2.85. The number of hydrogen-bond donors (Lipinski definition) is 1. The summed E-state index contributed by atoms with van der Waals surface area (Å²) in [7, 11) is 0. The molecule has 1 N–H and O–H groups in total. The molecule has 0 aromatic heterocycles. The molecule has 2 aliphatic heterocycles. The number of morpholine rings is 1. The third-order valence-electron chi connectivity index (χ3n) is 6.55. The van der Waals surface area contributed by atoms with Crippen LogP contribution in [0.25, 0.3) is 0 Å². The molecule has 0 saturated carbocycles. The largest absolute Gasteiger partial charge is 0.416 e. The van der Waals surface area contributed by atoms with E-state index in [1.807, 2.05) is 0 Å². The molecule has 2 aromatic rings. The quantitative estimate of drug-likeness (QED) is 0.488. The Balaban J connectivity index is 1.51. The lowest BCUT2D eigenvalue weighted by atomic mass is 9.91. The highest BCUT2D eigenvalue weighted by Crippen LogP contribution is 2.37. The first kappa shape index (κ1) is 28.1. The molecular formula is C25H26F7N3O3. The normalized spacial score (nSPS) is 21.1. The summed E-state index contributed by atoms with van der Waals surface area (Å²) in [5.74, 6) is -0.512. The average Bonchev–Trinajstić information content (AvgIpc) is 3.18. The number of ether oxygens (including phenoxy) is 2. The van der Waals surface area contributed by atoms with Crippen LogP contribution in [0.4, 0.5) is 35.5 Å². The van der Waals surface area contributed by atoms with Crippen molar-refractivity contribution in [2.24, 2.45) is 0 Å². The predicted octanol–water partition coefficient (Wildman–Crippen LogP) is 4.63. The number of alkyl halides is 6. The van der Waals surface area contributed by atoms with Gasteiger partial charge in [-0.2, -0.15) is 26.3 Å². The van der Waals surface area contributed by atoms with Gasteiger partial charge in [-0.25, -0.2) is 9.18 Å². The molecule has 2 aromatic carbocycles. The molecule has 6 nitrogen and oxygen atoms in total. The van der Waals surface area contributed by atoms with E-state index < -0.39 is 47.5 Å². The Kier molecular flexibility index (Phi) is 8.19. The van der Waals surface area contributed by atoms with Gasteiger partial charge < -0.3 is 19.7 Å². The van der Waals surface area contributed by atoms with Gasteiger partial charge in [0.1, 0.15) is 11.4 Å². The van der Waals surface area contributed by atoms with Gasteiger partial charge in [-0.15, -0.1) is 0 Å². The van der Waals surface area contributed by atoms with Crippen LogP contribution >= 0.6 is 0 Å². The summed E-state index contributed by atoms with van der Waals surface area (Å²) in [6, 6.07) is 6.14. The minimum atomic E-state index is -4.98. The number of nitrogens with one attached hydrogen (secondary N) is 1. The van der Waals surface area contributed by atoms with E-state index in [2.05, 4.69) is 10.2 Å². The number of amides is 2. The number of carbonyl (C=O) groups excluding carboxylic acids is 1. The number of benzene rings is 2. The maximum absolute atomic E-state index is 13.6. The minimum Gasteiger partial charge on any atom is -0.379 e. The van der Waals surface area contributed by atoms with Crippen molar-refractivity contribution in [3.05, 3.63) is 70.5 Å². The van der Waals surface area contributed by atoms with Crippen LogP contribution in [0.5, 0.6) is 0 Å². The summed E-state index contributed by atoms with van der Waals surface area (Å²) in [4.78, 5) is 16.5. The van der Waals surface area contributed by atoms with Gasteiger partial charge in [-0.05, 0) is 41.5 Å². The van der Waals surface area contributed by atoms with Gasteiger partial charge in [0.05, 0.1) is 44.1 Å². The van der Waals surface area contributed by atoms with Gasteiger partial charge in [-0.3, -0.25) is 4.90 Å². The summed E-state index contributed by atoms with van der Waals surface area (Å²) < 4.78 is 104. The first-order chi connectivity index (χ1) is 17.9. The van der Waals surface area contributed by atoms with Crippen LogP contribution in [0.3, 0.4) is 0 Å². The first-order valence-electron chi connectivity index (χ1n) is 11.9. The summed E-state index contributed by atoms with van der Waals surface area (Å²) >= 11 is 0. The molecule has 2 saturated heterocycles. The van der Waals surface area contributed by atoms with Gasteiger partial charge >= 0.3 is 18.4 Å². The lowest BCUT2D eigenvalue weighted by molar-refractivity contribution is -0.143. The van der Waals surface area contributed by atoms with Crippen molar-refractivity contribution in [1.82, 2.24) is 15.1 Å². The predicted molar refractivity (Wildman–Crippen MR) is 122 cm³/mol. The Hall–Kier alpha value is -2.90. The molecule has 0 bridgehead atoms. The van der Waals surface area contributed by atoms with Crippen LogP contribution in [0, 0.1) is 5.82 Å². The molecule has 1 atom stereocenters. The van der Waals surface area contributed by atoms with Crippen molar-refractivity contribution < 1.29 is 45.0 Å². The number of carbonyl (C=O) groups is 1. The Morgan fingerprint density at radius 3 is 2.11 bits per heavy atom. The van der Waals surface area contributed by atoms with Gasteiger partial charge in [0.25, 0.3) is 0 Å². The van der Waals surface area contributed by atoms with Crippen LogP contribution in [0.2, 0.25) is 0 Å². The maximum Gasteiger partial charge on any atom is 0.416 e. The van der Waals surface area contributed by atoms with Gasteiger partial charge in [0.15, 0.2) is 0 Å². The Labute approximate surface area is 214 Å². The second-order valence-corrected chi connectivity index (χ2v) is 9.30. The smallest absolute Gasteiger partial charge is 0.379 e. The van der Waals surface area contributed by atoms with Gasteiger partial charge in [0, 0.05) is 26.2 Å². The molecule has 208 valence electrons. The van der Waals surface area contributed by atoms with E-state index in [0.29, 0.717) is 44.0 Å². The average molecular weight is 549 g/mol. The zero-order valence-electron chi connectivity index (χ0n) is 20.2. The number of hydrogen-bond acceptors (Lipinski definition) is 4. The molecule has 1 unspecified atom stereocenters. The molecule has 4 rings (SSSR count). The van der Waals surface area contributed by atoms with Crippen molar-refractivity contribution in [2.75, 3.05) is 52.5 Å². The van der Waals surface area contributed by atoms with Gasteiger partial charge in [0.2, 0.25) is 0 Å². The topological polar surface area (TPSA) is 54.0 Å². The highest BCUT2D eigenvalue weighted by atomic mass is 19.4. The Bertz CT molecular complexity index is 1090. The maximum atomic E-state index is 13.6. The first-order valence-corrected chi connectivity index (χ1v) is 11.9. The van der Waals surface area contributed by atoms with E-state index in [1.165, 1.54) is 24.3 Å². The summed E-state index contributed by atoms with van der Waals surface area (Å²) in [5.41, 5.74) is -3.91. The molecule has 2 amide bonds. The van der Waals surface area contributed by atoms with Crippen LogP contribution in [0.15, 0.2) is 42.5 Å². The third kappa shape index (κ3) is 6.75. The molecule has 0 radical (unpaired) electrons. The fourth-order valence-corrected chi connectivity index (χ4v) is 4.53. The van der Waals surface area contributed by atoms with E-state index >= 15 is 0 Å². The lowest BCUT2D eigenvalue weighted by Crippen LogP contribution is -2.45. The Morgan fingerprint density at radius 2 is 1.53 bits per heavy atom. The fourth-order valence-electron chi connectivity index (χ4n) is 4.53. The lowest BCUT2D eigenvalue weighted by Gasteiger charge is -2.30. The van der Waals surface area contributed by atoms with Crippen molar-refractivity contribution in [1.29, 1.82) is 0 Å². The molecule has 2 aliphatic rings. The summed E-state index contributed by atoms with van der Waals surface area (Å²) in [6.07, 6.45) is -9.96. The number of nitrogens with zero attached hydrogens (tertiary/aromatic N) is 2. The van der Waals surface area contributed by atoms with E-state index in [0.717, 1.165) is 13.1 Å². The zero-order chi connectivity index (χ0) is 27.6. The standard InChI is InChI=1S/C25H26F7N3O3/c26-21-3-1-18(2-4-21)23(15-35(22(36)33-23)6-5-34-7-9-37-10-8-34)16-38-14-17-11-19(24(27,28)29)13-20(12-17)25(30,31)32/h1-4,11-13H,5-10,14-16H2,(H,33,36). The van der Waals surface area contributed by atoms with Crippen molar-refractivity contribution >= 4 is 6.03 Å². The zero-order valence-corrected chi connectivity index (χ0v) is 20.2. The third-order valence-corrected chi connectivity index (χ3v) is 6.55. The molecular weight excluding hydrogens is 523 g/mol. The molecule has 13 heteroatoms. The van der Waals surface area contributed by atoms with Gasteiger partial charge in [-0.1, -0.05) is 12.1 Å². The van der Waals surface area contributed by atoms with Crippen LogP contribution in [-0.4, -0.2) is 68.4 Å². The monoisotopic (exact) mass is 549 g/mol. The molecule has 0 spiro atoms. The minimum absolute atomic E-state index is 0.0487.